The van der Waals surface area contributed by atoms with E-state index in [2.05, 4.69) is 0 Å². The third-order valence-corrected chi connectivity index (χ3v) is 6.55. The molecule has 0 bridgehead atoms. The maximum absolute atomic E-state index is 13.0. The van der Waals surface area contributed by atoms with Crippen LogP contribution in [0.15, 0.2) is 70.5 Å². The molecule has 3 aromatic rings. The Morgan fingerprint density at radius 2 is 1.83 bits per heavy atom. The molecule has 1 aliphatic heterocycles. The molecule has 1 amide bonds. The van der Waals surface area contributed by atoms with Crippen molar-refractivity contribution in [2.45, 2.75) is 36.4 Å². The highest BCUT2D eigenvalue weighted by atomic mass is 32.2. The van der Waals surface area contributed by atoms with Crippen LogP contribution in [0.5, 0.6) is 5.75 Å². The van der Waals surface area contributed by atoms with Crippen LogP contribution >= 0.6 is 11.8 Å². The lowest BCUT2D eigenvalue weighted by atomic mass is 10.1. The highest BCUT2D eigenvalue weighted by Gasteiger charge is 2.33. The van der Waals surface area contributed by atoms with Gasteiger partial charge in [-0.25, -0.2) is 4.79 Å². The predicted octanol–water partition coefficient (Wildman–Crippen LogP) is 6.27. The molecule has 0 N–H and O–H groups in total. The summed E-state index contributed by atoms with van der Waals surface area (Å²) in [6, 6.07) is 15.6. The summed E-state index contributed by atoms with van der Waals surface area (Å²) in [6.07, 6.45) is -4.43. The Bertz CT molecular complexity index is 1260. The number of benzene rings is 3. The number of alkyl halides is 3. The second-order valence-corrected chi connectivity index (χ2v) is 8.96. The fourth-order valence-electron chi connectivity index (χ4n) is 3.75. The first-order valence-electron chi connectivity index (χ1n) is 10.9. The smallest absolute Gasteiger partial charge is 0.416 e. The minimum atomic E-state index is -4.43. The molecule has 3 aromatic carbocycles. The van der Waals surface area contributed by atoms with Gasteiger partial charge in [-0.3, -0.25) is 4.79 Å². The Morgan fingerprint density at radius 3 is 2.49 bits per heavy atom. The van der Waals surface area contributed by atoms with Crippen LogP contribution in [0, 0.1) is 6.92 Å². The van der Waals surface area contributed by atoms with Crippen LogP contribution in [-0.4, -0.2) is 25.1 Å². The number of anilines is 1. The largest absolute Gasteiger partial charge is 0.482 e. The van der Waals surface area contributed by atoms with Crippen LogP contribution < -0.4 is 9.64 Å². The molecule has 0 aliphatic carbocycles. The SMILES string of the molecule is CCOC(=O)COc1ccc(Sc2cccc3c2CN(c2ccc(C(F)(F)F)cc2)C3=O)cc1C. The van der Waals surface area contributed by atoms with E-state index in [1.54, 1.807) is 25.1 Å². The zero-order valence-electron chi connectivity index (χ0n) is 19.0. The van der Waals surface area contributed by atoms with Crippen molar-refractivity contribution in [1.29, 1.82) is 0 Å². The second kappa shape index (κ2) is 10.0. The van der Waals surface area contributed by atoms with Gasteiger partial charge < -0.3 is 14.4 Å². The molecule has 0 radical (unpaired) electrons. The van der Waals surface area contributed by atoms with Crippen molar-refractivity contribution in [2.24, 2.45) is 0 Å². The van der Waals surface area contributed by atoms with Gasteiger partial charge in [0, 0.05) is 21.0 Å². The van der Waals surface area contributed by atoms with E-state index in [0.717, 1.165) is 33.1 Å². The zero-order chi connectivity index (χ0) is 25.2. The molecular weight excluding hydrogens is 479 g/mol. The average Bonchev–Trinajstić information content (AvgIpc) is 3.16. The number of aryl methyl sites for hydroxylation is 1. The predicted molar refractivity (Wildman–Crippen MR) is 126 cm³/mol. The Balaban J connectivity index is 1.51. The Hall–Kier alpha value is -3.46. The van der Waals surface area contributed by atoms with Crippen LogP contribution in [0.3, 0.4) is 0 Å². The summed E-state index contributed by atoms with van der Waals surface area (Å²) >= 11 is 1.48. The van der Waals surface area contributed by atoms with E-state index >= 15 is 0 Å². The van der Waals surface area contributed by atoms with Crippen molar-refractivity contribution in [3.8, 4) is 5.75 Å². The number of fused-ring (bicyclic) bond motifs is 1. The van der Waals surface area contributed by atoms with Gasteiger partial charge in [0.05, 0.1) is 18.7 Å². The molecule has 0 aromatic heterocycles. The number of carbonyl (C=O) groups excluding carboxylic acids is 2. The Morgan fingerprint density at radius 1 is 1.09 bits per heavy atom. The van der Waals surface area contributed by atoms with Gasteiger partial charge in [-0.2, -0.15) is 13.2 Å². The lowest BCUT2D eigenvalue weighted by molar-refractivity contribution is -0.145. The highest BCUT2D eigenvalue weighted by Crippen LogP contribution is 2.39. The third kappa shape index (κ3) is 5.45. The third-order valence-electron chi connectivity index (χ3n) is 5.46. The van der Waals surface area contributed by atoms with Crippen molar-refractivity contribution in [1.82, 2.24) is 0 Å². The van der Waals surface area contributed by atoms with Crippen LogP contribution in [0.4, 0.5) is 18.9 Å². The number of ether oxygens (including phenoxy) is 2. The van der Waals surface area contributed by atoms with Gasteiger partial charge in [0.25, 0.3) is 5.91 Å². The first-order chi connectivity index (χ1) is 16.7. The van der Waals surface area contributed by atoms with Gasteiger partial charge in [0.1, 0.15) is 5.75 Å². The maximum Gasteiger partial charge on any atom is 0.416 e. The highest BCUT2D eigenvalue weighted by molar-refractivity contribution is 7.99. The number of rotatable bonds is 7. The van der Waals surface area contributed by atoms with E-state index in [1.807, 2.05) is 25.1 Å². The van der Waals surface area contributed by atoms with Crippen LogP contribution in [0.1, 0.15) is 34.0 Å². The summed E-state index contributed by atoms with van der Waals surface area (Å²) in [5.41, 5.74) is 1.85. The van der Waals surface area contributed by atoms with Gasteiger partial charge in [0.15, 0.2) is 6.61 Å². The molecule has 0 unspecified atom stereocenters. The molecule has 182 valence electrons. The van der Waals surface area contributed by atoms with E-state index in [1.165, 1.54) is 28.8 Å². The molecule has 4 rings (SSSR count). The second-order valence-electron chi connectivity index (χ2n) is 7.84. The molecule has 35 heavy (non-hydrogen) atoms. The number of halogens is 3. The Labute approximate surface area is 204 Å². The molecule has 0 saturated heterocycles. The summed E-state index contributed by atoms with van der Waals surface area (Å²) in [5, 5.41) is 0. The number of nitrogens with zero attached hydrogens (tertiary/aromatic N) is 1. The molecule has 1 aliphatic rings. The lowest BCUT2D eigenvalue weighted by Crippen LogP contribution is -2.23. The summed E-state index contributed by atoms with van der Waals surface area (Å²) in [6.45, 7) is 3.98. The van der Waals surface area contributed by atoms with Crippen molar-refractivity contribution in [2.75, 3.05) is 18.1 Å². The molecule has 9 heteroatoms. The van der Waals surface area contributed by atoms with Gasteiger partial charge in [-0.1, -0.05) is 17.8 Å². The number of hydrogen-bond donors (Lipinski definition) is 0. The van der Waals surface area contributed by atoms with Crippen LogP contribution in [0.25, 0.3) is 0 Å². The maximum atomic E-state index is 13.0. The quantitative estimate of drug-likeness (QED) is 0.358. The summed E-state index contributed by atoms with van der Waals surface area (Å²) < 4.78 is 49.1. The normalized spacial score (nSPS) is 13.1. The zero-order valence-corrected chi connectivity index (χ0v) is 19.8. The van der Waals surface area contributed by atoms with Gasteiger partial charge in [-0.15, -0.1) is 0 Å². The van der Waals surface area contributed by atoms with Crippen molar-refractivity contribution in [3.05, 3.63) is 82.9 Å². The molecule has 0 atom stereocenters. The standard InChI is InChI=1S/C26H22F3NO4S/c1-3-33-24(31)15-34-22-12-11-19(13-16(22)2)35-23-6-4-5-20-21(23)14-30(25(20)32)18-9-7-17(8-10-18)26(27,28)29/h4-13H,3,14-15H2,1-2H3. The fourth-order valence-corrected chi connectivity index (χ4v) is 4.82. The van der Waals surface area contributed by atoms with Gasteiger partial charge >= 0.3 is 12.1 Å². The fraction of sp³-hybridized carbons (Fsp3) is 0.231. The van der Waals surface area contributed by atoms with E-state index < -0.39 is 17.7 Å². The number of esters is 1. The van der Waals surface area contributed by atoms with Crippen molar-refractivity contribution >= 4 is 29.3 Å². The van der Waals surface area contributed by atoms with E-state index in [9.17, 15) is 22.8 Å². The van der Waals surface area contributed by atoms with Crippen LogP contribution in [0.2, 0.25) is 0 Å². The summed E-state index contributed by atoms with van der Waals surface area (Å²) in [5.74, 6) is -0.113. The molecule has 0 fully saturated rings. The first-order valence-corrected chi connectivity index (χ1v) is 11.7. The molecule has 1 heterocycles. The monoisotopic (exact) mass is 501 g/mol. The summed E-state index contributed by atoms with van der Waals surface area (Å²) in [7, 11) is 0. The van der Waals surface area contributed by atoms with Crippen molar-refractivity contribution in [3.63, 3.8) is 0 Å². The number of carbonyl (C=O) groups is 2. The Kier molecular flexibility index (Phi) is 7.07. The minimum absolute atomic E-state index is 0.171. The van der Waals surface area contributed by atoms with E-state index in [-0.39, 0.29) is 25.7 Å². The average molecular weight is 502 g/mol. The number of hydrogen-bond acceptors (Lipinski definition) is 5. The molecule has 5 nitrogen and oxygen atoms in total. The number of amides is 1. The molecular formula is C26H22F3NO4S. The first kappa shape index (κ1) is 24.7. The van der Waals surface area contributed by atoms with E-state index in [4.69, 9.17) is 9.47 Å². The van der Waals surface area contributed by atoms with Gasteiger partial charge in [-0.05, 0) is 79.6 Å². The van der Waals surface area contributed by atoms with Crippen LogP contribution in [-0.2, 0) is 22.3 Å². The molecule has 0 spiro atoms. The topological polar surface area (TPSA) is 55.8 Å². The minimum Gasteiger partial charge on any atom is -0.482 e. The van der Waals surface area contributed by atoms with E-state index in [0.29, 0.717) is 17.0 Å². The van der Waals surface area contributed by atoms with Crippen molar-refractivity contribution < 1.29 is 32.2 Å². The van der Waals surface area contributed by atoms with Gasteiger partial charge in [0.2, 0.25) is 0 Å². The lowest BCUT2D eigenvalue weighted by Gasteiger charge is -2.17. The molecule has 0 saturated carbocycles. The summed E-state index contributed by atoms with van der Waals surface area (Å²) in [4.78, 5) is 27.8.